The number of hydrogen-bond acceptors (Lipinski definition) is 1. The molecule has 0 radical (unpaired) electrons. The number of halogens is 2. The van der Waals surface area contributed by atoms with Crippen molar-refractivity contribution < 1.29 is 0 Å². The van der Waals surface area contributed by atoms with E-state index in [9.17, 15) is 0 Å². The first kappa shape index (κ1) is 11.4. The Morgan fingerprint density at radius 3 is 2.47 bits per heavy atom. The molecule has 1 saturated carbocycles. The minimum atomic E-state index is 0.368. The minimum Gasteiger partial charge on any atom is -0.146 e. The van der Waals surface area contributed by atoms with Crippen LogP contribution in [0, 0.1) is 0 Å². The van der Waals surface area contributed by atoms with Crippen LogP contribution in [0.25, 0.3) is 0 Å². The monoisotopic (exact) mass is 258 g/mol. The Labute approximate surface area is 105 Å². The normalized spacial score (nSPS) is 18.3. The van der Waals surface area contributed by atoms with E-state index in [0.717, 1.165) is 10.3 Å². The molecule has 1 aliphatic rings. The first-order valence-corrected chi connectivity index (χ1v) is 6.73. The molecule has 0 amide bonds. The van der Waals surface area contributed by atoms with Gasteiger partial charge in [-0.3, -0.25) is 0 Å². The molecule has 15 heavy (non-hydrogen) atoms. The molecule has 0 nitrogen and oxygen atoms in total. The Hall–Kier alpha value is -0.110. The number of thioether (sulfide) groups is 1. The van der Waals surface area contributed by atoms with Crippen LogP contribution in [0.3, 0.4) is 0 Å². The average Bonchev–Trinajstić information content (AvgIpc) is 3.02. The van der Waals surface area contributed by atoms with E-state index in [1.54, 1.807) is 5.54 Å². The third-order valence-electron chi connectivity index (χ3n) is 2.31. The van der Waals surface area contributed by atoms with Crippen LogP contribution in [0.15, 0.2) is 35.9 Å². The van der Waals surface area contributed by atoms with E-state index in [0.29, 0.717) is 5.25 Å². The van der Waals surface area contributed by atoms with E-state index in [4.69, 9.17) is 23.2 Å². The van der Waals surface area contributed by atoms with Gasteiger partial charge in [0, 0.05) is 21.1 Å². The number of hydrogen-bond donors (Lipinski definition) is 0. The molecule has 1 aromatic rings. The molecule has 0 heterocycles. The van der Waals surface area contributed by atoms with Gasteiger partial charge >= 0.3 is 0 Å². The fraction of sp³-hybridized carbons (Fsp3) is 0.333. The van der Waals surface area contributed by atoms with Crippen LogP contribution in [0.2, 0.25) is 5.02 Å². The standard InChI is InChI=1S/C12H12Cl2S/c13-8-7-12(15-11-5-6-11)9-1-3-10(14)4-2-9/h1-4,7-8,11-12H,5-6H2/b8-7+. The zero-order valence-electron chi connectivity index (χ0n) is 8.20. The molecule has 0 saturated heterocycles. The lowest BCUT2D eigenvalue weighted by atomic mass is 10.1. The predicted molar refractivity (Wildman–Crippen MR) is 69.8 cm³/mol. The van der Waals surface area contributed by atoms with E-state index in [1.807, 2.05) is 30.0 Å². The van der Waals surface area contributed by atoms with Crippen molar-refractivity contribution >= 4 is 35.0 Å². The van der Waals surface area contributed by atoms with Gasteiger partial charge in [-0.1, -0.05) is 41.4 Å². The number of benzene rings is 1. The number of rotatable bonds is 4. The summed E-state index contributed by atoms with van der Waals surface area (Å²) < 4.78 is 0. The van der Waals surface area contributed by atoms with Crippen molar-refractivity contribution in [3.8, 4) is 0 Å². The fourth-order valence-electron chi connectivity index (χ4n) is 1.37. The van der Waals surface area contributed by atoms with Gasteiger partial charge in [-0.25, -0.2) is 0 Å². The van der Waals surface area contributed by atoms with Gasteiger partial charge in [0.15, 0.2) is 0 Å². The summed E-state index contributed by atoms with van der Waals surface area (Å²) in [7, 11) is 0. The lowest BCUT2D eigenvalue weighted by Crippen LogP contribution is -1.91. The second-order valence-electron chi connectivity index (χ2n) is 3.63. The summed E-state index contributed by atoms with van der Waals surface area (Å²) in [4.78, 5) is 0. The topological polar surface area (TPSA) is 0 Å². The lowest BCUT2D eigenvalue weighted by molar-refractivity contribution is 1.22. The molecule has 80 valence electrons. The molecule has 1 aliphatic carbocycles. The summed E-state index contributed by atoms with van der Waals surface area (Å²) in [5, 5.41) is 1.97. The van der Waals surface area contributed by atoms with Crippen molar-refractivity contribution in [2.24, 2.45) is 0 Å². The molecule has 2 rings (SSSR count). The van der Waals surface area contributed by atoms with E-state index in [1.165, 1.54) is 18.4 Å². The Kier molecular flexibility index (Phi) is 4.01. The van der Waals surface area contributed by atoms with Crippen LogP contribution in [-0.4, -0.2) is 5.25 Å². The Morgan fingerprint density at radius 2 is 1.93 bits per heavy atom. The van der Waals surface area contributed by atoms with Gasteiger partial charge < -0.3 is 0 Å². The zero-order valence-corrected chi connectivity index (χ0v) is 10.5. The van der Waals surface area contributed by atoms with Gasteiger partial charge in [-0.05, 0) is 30.5 Å². The van der Waals surface area contributed by atoms with E-state index in [-0.39, 0.29) is 0 Å². The van der Waals surface area contributed by atoms with Crippen molar-refractivity contribution in [3.05, 3.63) is 46.5 Å². The molecule has 3 heteroatoms. The third kappa shape index (κ3) is 3.44. The fourth-order valence-corrected chi connectivity index (χ4v) is 3.03. The van der Waals surface area contributed by atoms with Crippen LogP contribution >= 0.6 is 35.0 Å². The minimum absolute atomic E-state index is 0.368. The Morgan fingerprint density at radius 1 is 1.27 bits per heavy atom. The summed E-state index contributed by atoms with van der Waals surface area (Å²) in [6, 6.07) is 8.00. The highest BCUT2D eigenvalue weighted by Gasteiger charge is 2.25. The van der Waals surface area contributed by atoms with Crippen molar-refractivity contribution in [3.63, 3.8) is 0 Å². The molecule has 1 atom stereocenters. The van der Waals surface area contributed by atoms with Crippen molar-refractivity contribution in [1.82, 2.24) is 0 Å². The molecular weight excluding hydrogens is 247 g/mol. The van der Waals surface area contributed by atoms with E-state index < -0.39 is 0 Å². The smallest absolute Gasteiger partial charge is 0.0491 e. The zero-order chi connectivity index (χ0) is 10.7. The van der Waals surface area contributed by atoms with Gasteiger partial charge in [0.1, 0.15) is 0 Å². The lowest BCUT2D eigenvalue weighted by Gasteiger charge is -2.12. The molecule has 1 unspecified atom stereocenters. The van der Waals surface area contributed by atoms with E-state index in [2.05, 4.69) is 12.1 Å². The maximum atomic E-state index is 5.86. The summed E-state index contributed by atoms with van der Waals surface area (Å²) in [6.07, 6.45) is 4.71. The molecule has 1 fully saturated rings. The van der Waals surface area contributed by atoms with Crippen LogP contribution in [-0.2, 0) is 0 Å². The summed E-state index contributed by atoms with van der Waals surface area (Å²) >= 11 is 13.5. The Balaban J connectivity index is 2.11. The van der Waals surface area contributed by atoms with Gasteiger partial charge in [0.05, 0.1) is 0 Å². The van der Waals surface area contributed by atoms with Crippen molar-refractivity contribution in [2.45, 2.75) is 23.3 Å². The molecule has 0 spiro atoms. The van der Waals surface area contributed by atoms with E-state index >= 15 is 0 Å². The molecular formula is C12H12Cl2S. The maximum absolute atomic E-state index is 5.86. The average molecular weight is 259 g/mol. The highest BCUT2D eigenvalue weighted by molar-refractivity contribution is 8.00. The molecule has 0 aromatic heterocycles. The van der Waals surface area contributed by atoms with Crippen LogP contribution in [0.1, 0.15) is 23.7 Å². The highest BCUT2D eigenvalue weighted by Crippen LogP contribution is 2.44. The van der Waals surface area contributed by atoms with Crippen LogP contribution in [0.4, 0.5) is 0 Å². The van der Waals surface area contributed by atoms with Crippen molar-refractivity contribution in [1.29, 1.82) is 0 Å². The largest absolute Gasteiger partial charge is 0.146 e. The van der Waals surface area contributed by atoms with Gasteiger partial charge in [-0.15, -0.1) is 11.8 Å². The third-order valence-corrected chi connectivity index (χ3v) is 4.29. The molecule has 1 aromatic carbocycles. The quantitative estimate of drug-likeness (QED) is 0.730. The highest BCUT2D eigenvalue weighted by atomic mass is 35.5. The van der Waals surface area contributed by atoms with Gasteiger partial charge in [0.25, 0.3) is 0 Å². The Bertz CT molecular complexity index is 341. The molecule has 0 aliphatic heterocycles. The molecule has 0 N–H and O–H groups in total. The van der Waals surface area contributed by atoms with Gasteiger partial charge in [-0.2, -0.15) is 0 Å². The first-order chi connectivity index (χ1) is 7.29. The van der Waals surface area contributed by atoms with Crippen molar-refractivity contribution in [2.75, 3.05) is 0 Å². The SMILES string of the molecule is Cl/C=C/C(SC1CC1)c1ccc(Cl)cc1. The van der Waals surface area contributed by atoms with Crippen LogP contribution < -0.4 is 0 Å². The predicted octanol–water partition coefficient (Wildman–Crippen LogP) is 5.03. The summed E-state index contributed by atoms with van der Waals surface area (Å²) in [5.41, 5.74) is 2.88. The second kappa shape index (κ2) is 5.29. The summed E-state index contributed by atoms with van der Waals surface area (Å²) in [6.45, 7) is 0. The summed E-state index contributed by atoms with van der Waals surface area (Å²) in [5.74, 6) is 0. The van der Waals surface area contributed by atoms with Gasteiger partial charge in [0.2, 0.25) is 0 Å². The second-order valence-corrected chi connectivity index (χ2v) is 5.76. The van der Waals surface area contributed by atoms with Crippen LogP contribution in [0.5, 0.6) is 0 Å². The maximum Gasteiger partial charge on any atom is 0.0491 e. The molecule has 0 bridgehead atoms. The first-order valence-electron chi connectivity index (χ1n) is 4.97.